The number of rotatable bonds is 6. The summed E-state index contributed by atoms with van der Waals surface area (Å²) >= 11 is 0. The van der Waals surface area contributed by atoms with Crippen LogP contribution >= 0.6 is 0 Å². The summed E-state index contributed by atoms with van der Waals surface area (Å²) in [7, 11) is 0. The maximum atomic E-state index is 14.8. The zero-order chi connectivity index (χ0) is 41.9. The summed E-state index contributed by atoms with van der Waals surface area (Å²) in [4.78, 5) is 17.0. The molecule has 0 saturated carbocycles. The molecule has 0 unspecified atom stereocenters. The molecule has 0 aromatic heterocycles. The summed E-state index contributed by atoms with van der Waals surface area (Å²) in [5.74, 6) is -0.230. The lowest BCUT2D eigenvalue weighted by atomic mass is 9.72. The van der Waals surface area contributed by atoms with E-state index < -0.39 is 0 Å². The van der Waals surface area contributed by atoms with Crippen LogP contribution in [0.5, 0.6) is 5.75 Å². The lowest BCUT2D eigenvalue weighted by Crippen LogP contribution is -2.26. The van der Waals surface area contributed by atoms with Gasteiger partial charge in [-0.05, 0) is 59.0 Å². The highest BCUT2D eigenvalue weighted by Gasteiger charge is 2.41. The predicted octanol–water partition coefficient (Wildman–Crippen LogP) is 13.9. The number of ketones is 1. The molecule has 2 aliphatic rings. The van der Waals surface area contributed by atoms with Gasteiger partial charge in [0.2, 0.25) is 17.1 Å². The average molecular weight is 800 g/mol. The summed E-state index contributed by atoms with van der Waals surface area (Å²) in [6.45, 7) is 1.91. The minimum atomic E-state index is -0.230. The van der Waals surface area contributed by atoms with Gasteiger partial charge < -0.3 is 15.1 Å². The van der Waals surface area contributed by atoms with Crippen molar-refractivity contribution in [1.82, 2.24) is 4.58 Å². The molecular formula is C57H39N2O3+. The fraction of sp³-hybridized carbons (Fsp3) is 0.0175. The molecular weight excluding hydrogens is 761 g/mol. The van der Waals surface area contributed by atoms with E-state index >= 15 is 0 Å². The van der Waals surface area contributed by atoms with Crippen LogP contribution in [0.15, 0.2) is 223 Å². The third-order valence-corrected chi connectivity index (χ3v) is 12.2. The number of aliphatic hydroxyl groups is 1. The highest BCUT2D eigenvalue weighted by Crippen LogP contribution is 2.52. The number of anilines is 3. The number of aliphatic hydroxyl groups excluding tert-OH is 1. The molecule has 0 heterocycles. The molecule has 0 bridgehead atoms. The van der Waals surface area contributed by atoms with Gasteiger partial charge in [0.1, 0.15) is 11.5 Å². The van der Waals surface area contributed by atoms with Gasteiger partial charge in [0.15, 0.2) is 5.78 Å². The van der Waals surface area contributed by atoms with Crippen molar-refractivity contribution in [3.05, 3.63) is 240 Å². The molecule has 9 aromatic rings. The van der Waals surface area contributed by atoms with E-state index in [9.17, 15) is 15.0 Å². The third-order valence-electron chi connectivity index (χ3n) is 12.2. The van der Waals surface area contributed by atoms with Crippen molar-refractivity contribution < 1.29 is 15.0 Å². The number of nitrogens with zero attached hydrogens (tertiary/aromatic N) is 2. The highest BCUT2D eigenvalue weighted by atomic mass is 16.3. The highest BCUT2D eigenvalue weighted by molar-refractivity contribution is 6.44. The summed E-state index contributed by atoms with van der Waals surface area (Å²) in [5, 5.41) is 30.4. The number of aromatic hydroxyl groups is 1. The first kappa shape index (κ1) is 36.8. The fourth-order valence-corrected chi connectivity index (χ4v) is 9.49. The van der Waals surface area contributed by atoms with Crippen LogP contribution in [-0.4, -0.2) is 21.7 Å². The Balaban J connectivity index is 1.11. The second-order valence-electron chi connectivity index (χ2n) is 15.7. The van der Waals surface area contributed by atoms with E-state index in [1.807, 2.05) is 116 Å². The molecule has 0 spiro atoms. The van der Waals surface area contributed by atoms with Gasteiger partial charge in [-0.3, -0.25) is 4.79 Å². The molecule has 0 fully saturated rings. The van der Waals surface area contributed by atoms with Gasteiger partial charge in [0.25, 0.3) is 0 Å². The molecule has 0 atom stereocenters. The van der Waals surface area contributed by atoms with Crippen LogP contribution < -0.4 is 9.48 Å². The van der Waals surface area contributed by atoms with Gasteiger partial charge in [0, 0.05) is 68.6 Å². The molecule has 0 aliphatic heterocycles. The number of Topliss-reactive ketones (excluding diaryl/α,β-unsaturated/α-hetero) is 1. The number of para-hydroxylation sites is 2. The first-order valence-electron chi connectivity index (χ1n) is 20.8. The minimum absolute atomic E-state index is 0.000337. The average Bonchev–Trinajstić information content (AvgIpc) is 3.32. The summed E-state index contributed by atoms with van der Waals surface area (Å²) < 4.78 is 2.18. The Morgan fingerprint density at radius 2 is 1.05 bits per heavy atom. The molecule has 2 aliphatic carbocycles. The lowest BCUT2D eigenvalue weighted by Gasteiger charge is -2.31. The molecule has 2 N–H and O–H groups in total. The number of hydrogen-bond donors (Lipinski definition) is 2. The zero-order valence-corrected chi connectivity index (χ0v) is 33.8. The van der Waals surface area contributed by atoms with Crippen LogP contribution in [0, 0.1) is 0 Å². The Morgan fingerprint density at radius 1 is 0.484 bits per heavy atom. The summed E-state index contributed by atoms with van der Waals surface area (Å²) in [5.41, 5.74) is 9.54. The first-order chi connectivity index (χ1) is 30.5. The molecule has 62 heavy (non-hydrogen) atoms. The van der Waals surface area contributed by atoms with E-state index in [1.165, 1.54) is 0 Å². The maximum Gasteiger partial charge on any atom is 0.223 e. The molecule has 5 nitrogen and oxygen atoms in total. The van der Waals surface area contributed by atoms with E-state index in [1.54, 1.807) is 12.1 Å². The van der Waals surface area contributed by atoms with E-state index in [2.05, 4.69) is 94.4 Å². The minimum Gasteiger partial charge on any atom is -0.507 e. The van der Waals surface area contributed by atoms with Gasteiger partial charge in [-0.25, -0.2) is 0 Å². The number of carbonyl (C=O) groups is 1. The number of phenolic OH excluding ortho intramolecular Hbond substituents is 1. The van der Waals surface area contributed by atoms with Gasteiger partial charge in [-0.2, -0.15) is 4.58 Å². The summed E-state index contributed by atoms with van der Waals surface area (Å²) in [6.07, 6.45) is 1.78. The van der Waals surface area contributed by atoms with E-state index in [-0.39, 0.29) is 17.3 Å². The Labute approximate surface area is 359 Å². The largest absolute Gasteiger partial charge is 0.507 e. The van der Waals surface area contributed by atoms with Crippen molar-refractivity contribution in [3.63, 3.8) is 0 Å². The standard InChI is InChI=1S/C57H38N2O3/c1-36-53(55-45-30-14-12-28-43(45)49(34-51(55)60)58(39-22-4-2-5-23-39)47-32-16-20-37-18-8-10-26-41(37)47)57(62)54(36)56-46-31-15-13-29-44(46)50(35-52(56)61)59(40-24-6-3-7-25-40)48-33-17-21-38-19-9-11-27-42(38)48/h2-35H,1H3,(H,60,61)/p+1. The normalized spacial score (nSPS) is 15.7. The smallest absolute Gasteiger partial charge is 0.223 e. The molecule has 294 valence electrons. The Morgan fingerprint density at radius 3 is 1.77 bits per heavy atom. The Bertz CT molecular complexity index is 3440. The SMILES string of the molecule is CC1=C(c2c(O)cc(N(c3ccccc3)c3cccc4ccccc34)c3ccccc23)C(=O)/C1=C1/C(O)=CC(=[N+](c2ccccc2)c2cccc3ccccc23)c2ccccc21. The summed E-state index contributed by atoms with van der Waals surface area (Å²) in [6, 6.07) is 67.1. The number of benzene rings is 9. The van der Waals surface area contributed by atoms with Gasteiger partial charge >= 0.3 is 0 Å². The van der Waals surface area contributed by atoms with Gasteiger partial charge in [-0.15, -0.1) is 0 Å². The van der Waals surface area contributed by atoms with Crippen molar-refractivity contribution in [3.8, 4) is 5.75 Å². The number of fused-ring (bicyclic) bond motifs is 4. The Kier molecular flexibility index (Phi) is 8.76. The van der Waals surface area contributed by atoms with Crippen molar-refractivity contribution >= 4 is 83.4 Å². The molecule has 0 amide bonds. The quantitative estimate of drug-likeness (QED) is 0.130. The van der Waals surface area contributed by atoms with Gasteiger partial charge in [-0.1, -0.05) is 146 Å². The van der Waals surface area contributed by atoms with E-state index in [0.717, 1.165) is 77.6 Å². The molecule has 5 heteroatoms. The second kappa shape index (κ2) is 14.8. The van der Waals surface area contributed by atoms with E-state index in [4.69, 9.17) is 0 Å². The van der Waals surface area contributed by atoms with Crippen molar-refractivity contribution in [1.29, 1.82) is 0 Å². The molecule has 11 rings (SSSR count). The monoisotopic (exact) mass is 799 g/mol. The number of carbonyl (C=O) groups excluding carboxylic acids is 1. The number of hydrogen-bond acceptors (Lipinski definition) is 4. The first-order valence-corrected chi connectivity index (χ1v) is 20.8. The van der Waals surface area contributed by atoms with Crippen LogP contribution in [0.2, 0.25) is 0 Å². The van der Waals surface area contributed by atoms with Crippen molar-refractivity contribution in [2.75, 3.05) is 4.90 Å². The maximum absolute atomic E-state index is 14.8. The molecule has 0 radical (unpaired) electrons. The third kappa shape index (κ3) is 5.78. The van der Waals surface area contributed by atoms with Crippen LogP contribution in [0.3, 0.4) is 0 Å². The van der Waals surface area contributed by atoms with Crippen LogP contribution in [0.1, 0.15) is 23.6 Å². The molecule has 0 saturated heterocycles. The zero-order valence-electron chi connectivity index (χ0n) is 33.8. The van der Waals surface area contributed by atoms with E-state index in [0.29, 0.717) is 27.9 Å². The Hall–Kier alpha value is -8.28. The fourth-order valence-electron chi connectivity index (χ4n) is 9.49. The topological polar surface area (TPSA) is 63.8 Å². The molecule has 9 aromatic carbocycles. The lowest BCUT2D eigenvalue weighted by molar-refractivity contribution is -0.111. The van der Waals surface area contributed by atoms with Crippen LogP contribution in [-0.2, 0) is 4.79 Å². The van der Waals surface area contributed by atoms with Crippen molar-refractivity contribution in [2.45, 2.75) is 6.92 Å². The number of allylic oxidation sites excluding steroid dienone is 5. The van der Waals surface area contributed by atoms with Crippen LogP contribution in [0.4, 0.5) is 28.4 Å². The van der Waals surface area contributed by atoms with Crippen LogP contribution in [0.25, 0.3) is 43.5 Å². The predicted molar refractivity (Wildman–Crippen MR) is 255 cm³/mol. The number of phenols is 1. The van der Waals surface area contributed by atoms with Gasteiger partial charge in [0.05, 0.1) is 28.4 Å². The van der Waals surface area contributed by atoms with Crippen molar-refractivity contribution in [2.24, 2.45) is 0 Å². The second-order valence-corrected chi connectivity index (χ2v) is 15.7.